The Morgan fingerprint density at radius 1 is 1.12 bits per heavy atom. The molecule has 26 heavy (non-hydrogen) atoms. The lowest BCUT2D eigenvalue weighted by molar-refractivity contribution is -0.145. The molecular weight excluding hydrogens is 338 g/mol. The molecule has 0 bridgehead atoms. The highest BCUT2D eigenvalue weighted by Crippen LogP contribution is 2.14. The summed E-state index contributed by atoms with van der Waals surface area (Å²) in [5.74, 6) is -1.36. The predicted octanol–water partition coefficient (Wildman–Crippen LogP) is 1.88. The van der Waals surface area contributed by atoms with Crippen molar-refractivity contribution < 1.29 is 28.6 Å². The van der Waals surface area contributed by atoms with Crippen LogP contribution in [0.5, 0.6) is 0 Å². The highest BCUT2D eigenvalue weighted by atomic mass is 16.6. The van der Waals surface area contributed by atoms with Gasteiger partial charge in [0.1, 0.15) is 18.2 Å². The molecule has 7 heteroatoms. The molecule has 0 unspecified atom stereocenters. The SMILES string of the molecule is CCOCC(=O)N[C@@H](Cc1ccc(C(=O)OC(C)(C)C)cc1)C(=O)OC. The maximum atomic E-state index is 12.0. The molecule has 1 N–H and O–H groups in total. The van der Waals surface area contributed by atoms with Crippen molar-refractivity contribution in [1.82, 2.24) is 5.32 Å². The van der Waals surface area contributed by atoms with Gasteiger partial charge in [0.15, 0.2) is 0 Å². The van der Waals surface area contributed by atoms with Gasteiger partial charge in [-0.1, -0.05) is 12.1 Å². The van der Waals surface area contributed by atoms with Crippen molar-refractivity contribution >= 4 is 17.8 Å². The molecule has 1 aromatic rings. The van der Waals surface area contributed by atoms with Gasteiger partial charge in [-0.15, -0.1) is 0 Å². The van der Waals surface area contributed by atoms with Crippen LogP contribution in [-0.2, 0) is 30.2 Å². The minimum atomic E-state index is -0.833. The van der Waals surface area contributed by atoms with Gasteiger partial charge < -0.3 is 19.5 Å². The van der Waals surface area contributed by atoms with E-state index in [1.54, 1.807) is 52.0 Å². The van der Waals surface area contributed by atoms with Crippen molar-refractivity contribution in [2.24, 2.45) is 0 Å². The summed E-state index contributed by atoms with van der Waals surface area (Å²) in [7, 11) is 1.26. The third-order valence-corrected chi connectivity index (χ3v) is 3.29. The van der Waals surface area contributed by atoms with E-state index in [4.69, 9.17) is 14.2 Å². The molecule has 1 amide bonds. The molecule has 0 aliphatic rings. The number of methoxy groups -OCH3 is 1. The smallest absolute Gasteiger partial charge is 0.338 e. The van der Waals surface area contributed by atoms with Gasteiger partial charge in [-0.25, -0.2) is 9.59 Å². The first-order chi connectivity index (χ1) is 12.2. The summed E-state index contributed by atoms with van der Waals surface area (Å²) in [5.41, 5.74) is 0.611. The molecule has 7 nitrogen and oxygen atoms in total. The second-order valence-electron chi connectivity index (χ2n) is 6.68. The normalized spacial score (nSPS) is 12.2. The third kappa shape index (κ3) is 7.65. The van der Waals surface area contributed by atoms with Crippen LogP contribution in [0.3, 0.4) is 0 Å². The van der Waals surface area contributed by atoms with Crippen LogP contribution in [0.1, 0.15) is 43.6 Å². The lowest BCUT2D eigenvalue weighted by Gasteiger charge is -2.19. The molecule has 0 heterocycles. The van der Waals surface area contributed by atoms with Crippen LogP contribution in [-0.4, -0.2) is 49.8 Å². The second kappa shape index (κ2) is 9.91. The zero-order chi connectivity index (χ0) is 19.7. The van der Waals surface area contributed by atoms with E-state index in [0.29, 0.717) is 12.2 Å². The number of amides is 1. The Kier molecular flexibility index (Phi) is 8.25. The van der Waals surface area contributed by atoms with E-state index in [1.807, 2.05) is 0 Å². The number of esters is 2. The van der Waals surface area contributed by atoms with E-state index < -0.39 is 29.5 Å². The number of hydrogen-bond acceptors (Lipinski definition) is 6. The summed E-state index contributed by atoms with van der Waals surface area (Å²) in [4.78, 5) is 35.7. The summed E-state index contributed by atoms with van der Waals surface area (Å²) in [6.45, 7) is 7.45. The average molecular weight is 365 g/mol. The Balaban J connectivity index is 2.77. The van der Waals surface area contributed by atoms with E-state index in [1.165, 1.54) is 7.11 Å². The highest BCUT2D eigenvalue weighted by molar-refractivity contribution is 5.89. The summed E-state index contributed by atoms with van der Waals surface area (Å²) < 4.78 is 15.1. The van der Waals surface area contributed by atoms with Gasteiger partial charge in [0.2, 0.25) is 5.91 Å². The Hall–Kier alpha value is -2.41. The van der Waals surface area contributed by atoms with E-state index in [9.17, 15) is 14.4 Å². The molecule has 1 aromatic carbocycles. The van der Waals surface area contributed by atoms with Crippen molar-refractivity contribution in [3.63, 3.8) is 0 Å². The number of benzene rings is 1. The molecule has 0 saturated carbocycles. The Morgan fingerprint density at radius 2 is 1.73 bits per heavy atom. The van der Waals surface area contributed by atoms with Gasteiger partial charge >= 0.3 is 11.9 Å². The third-order valence-electron chi connectivity index (χ3n) is 3.29. The van der Waals surface area contributed by atoms with E-state index in [0.717, 1.165) is 5.56 Å². The summed E-state index contributed by atoms with van der Waals surface area (Å²) in [6.07, 6.45) is 0.235. The van der Waals surface area contributed by atoms with Crippen molar-refractivity contribution in [1.29, 1.82) is 0 Å². The van der Waals surface area contributed by atoms with Crippen molar-refractivity contribution in [3.8, 4) is 0 Å². The fourth-order valence-electron chi connectivity index (χ4n) is 2.12. The van der Waals surface area contributed by atoms with Crippen LogP contribution in [0.4, 0.5) is 0 Å². The molecule has 0 aliphatic carbocycles. The number of rotatable bonds is 8. The first-order valence-electron chi connectivity index (χ1n) is 8.43. The zero-order valence-electron chi connectivity index (χ0n) is 16.0. The summed E-state index contributed by atoms with van der Waals surface area (Å²) >= 11 is 0. The van der Waals surface area contributed by atoms with Crippen molar-refractivity contribution in [2.45, 2.75) is 45.8 Å². The number of nitrogens with one attached hydrogen (secondary N) is 1. The van der Waals surface area contributed by atoms with Crippen LogP contribution in [0, 0.1) is 0 Å². The maximum Gasteiger partial charge on any atom is 0.338 e. The number of carbonyl (C=O) groups excluding carboxylic acids is 3. The molecule has 0 radical (unpaired) electrons. The van der Waals surface area contributed by atoms with Crippen LogP contribution in [0.25, 0.3) is 0 Å². The molecule has 0 fully saturated rings. The van der Waals surface area contributed by atoms with E-state index in [2.05, 4.69) is 5.32 Å². The van der Waals surface area contributed by atoms with Crippen LogP contribution in [0.15, 0.2) is 24.3 Å². The maximum absolute atomic E-state index is 12.0. The van der Waals surface area contributed by atoms with Crippen LogP contribution in [0.2, 0.25) is 0 Å². The standard InChI is InChI=1S/C19H27NO6/c1-6-25-12-16(21)20-15(18(23)24-5)11-13-7-9-14(10-8-13)17(22)26-19(2,3)4/h7-10,15H,6,11-12H2,1-5H3,(H,20,21)/t15-/m0/s1. The predicted molar refractivity (Wildman–Crippen MR) is 95.8 cm³/mol. The average Bonchev–Trinajstić information content (AvgIpc) is 2.57. The number of hydrogen-bond donors (Lipinski definition) is 1. The largest absolute Gasteiger partial charge is 0.467 e. The molecule has 0 spiro atoms. The molecule has 0 aliphatic heterocycles. The quantitative estimate of drug-likeness (QED) is 0.708. The van der Waals surface area contributed by atoms with Crippen molar-refractivity contribution in [3.05, 3.63) is 35.4 Å². The Labute approximate surface area is 154 Å². The van der Waals surface area contributed by atoms with E-state index in [-0.39, 0.29) is 13.0 Å². The zero-order valence-corrected chi connectivity index (χ0v) is 16.0. The first-order valence-corrected chi connectivity index (χ1v) is 8.43. The molecule has 1 rings (SSSR count). The lowest BCUT2D eigenvalue weighted by atomic mass is 10.0. The van der Waals surface area contributed by atoms with Crippen LogP contribution >= 0.6 is 0 Å². The minimum absolute atomic E-state index is 0.123. The number of carbonyl (C=O) groups is 3. The highest BCUT2D eigenvalue weighted by Gasteiger charge is 2.22. The van der Waals surface area contributed by atoms with Gasteiger partial charge in [0, 0.05) is 13.0 Å². The van der Waals surface area contributed by atoms with Gasteiger partial charge in [0.05, 0.1) is 12.7 Å². The Bertz CT molecular complexity index is 618. The van der Waals surface area contributed by atoms with Gasteiger partial charge in [-0.3, -0.25) is 4.79 Å². The molecule has 144 valence electrons. The fraction of sp³-hybridized carbons (Fsp3) is 0.526. The molecule has 0 aromatic heterocycles. The number of ether oxygens (including phenoxy) is 3. The van der Waals surface area contributed by atoms with E-state index >= 15 is 0 Å². The van der Waals surface area contributed by atoms with Gasteiger partial charge in [-0.05, 0) is 45.4 Å². The topological polar surface area (TPSA) is 90.9 Å². The second-order valence-corrected chi connectivity index (χ2v) is 6.68. The monoisotopic (exact) mass is 365 g/mol. The van der Waals surface area contributed by atoms with Gasteiger partial charge in [0.25, 0.3) is 0 Å². The Morgan fingerprint density at radius 3 is 2.23 bits per heavy atom. The summed E-state index contributed by atoms with van der Waals surface area (Å²) in [5, 5.41) is 2.59. The molecular formula is C19H27NO6. The van der Waals surface area contributed by atoms with Crippen LogP contribution < -0.4 is 5.32 Å². The summed E-state index contributed by atoms with van der Waals surface area (Å²) in [6, 6.07) is 5.84. The molecule has 0 saturated heterocycles. The molecule has 1 atom stereocenters. The fourth-order valence-corrected chi connectivity index (χ4v) is 2.12. The van der Waals surface area contributed by atoms with Gasteiger partial charge in [-0.2, -0.15) is 0 Å². The first kappa shape index (κ1) is 21.6. The van der Waals surface area contributed by atoms with Crippen molar-refractivity contribution in [2.75, 3.05) is 20.3 Å². The lowest BCUT2D eigenvalue weighted by Crippen LogP contribution is -2.44. The minimum Gasteiger partial charge on any atom is -0.467 e.